The van der Waals surface area contributed by atoms with Crippen molar-refractivity contribution in [2.24, 2.45) is 0 Å². The first-order valence-electron chi connectivity index (χ1n) is 6.61. The molecule has 1 aliphatic rings. The summed E-state index contributed by atoms with van der Waals surface area (Å²) >= 11 is 0. The molecule has 0 aliphatic heterocycles. The zero-order valence-corrected chi connectivity index (χ0v) is 10.8. The highest BCUT2D eigenvalue weighted by molar-refractivity contribution is 5.77. The molecule has 1 aliphatic carbocycles. The van der Waals surface area contributed by atoms with E-state index in [-0.39, 0.29) is 18.1 Å². The maximum atomic E-state index is 13.4. The Kier molecular flexibility index (Phi) is 4.16. The molecule has 0 unspecified atom stereocenters. The highest BCUT2D eigenvalue weighted by Crippen LogP contribution is 2.28. The van der Waals surface area contributed by atoms with Crippen LogP contribution in [0.2, 0.25) is 0 Å². The number of nitriles is 1. The molecular formula is C15H17FN2O. The normalized spacial score (nSPS) is 16.8. The zero-order chi connectivity index (χ0) is 13.7. The Labute approximate surface area is 112 Å². The third-order valence-corrected chi connectivity index (χ3v) is 3.63. The molecule has 0 bridgehead atoms. The second-order valence-corrected chi connectivity index (χ2v) is 5.04. The van der Waals surface area contributed by atoms with Gasteiger partial charge in [-0.05, 0) is 43.7 Å². The molecule has 0 saturated heterocycles. The first-order chi connectivity index (χ1) is 9.15. The molecule has 1 saturated carbocycles. The maximum Gasteiger partial charge on any atom is 0.221 e. The minimum atomic E-state index is -0.688. The van der Waals surface area contributed by atoms with Crippen LogP contribution >= 0.6 is 0 Å². The lowest BCUT2D eigenvalue weighted by Crippen LogP contribution is -2.45. The number of amides is 1. The fraction of sp³-hybridized carbons (Fsp3) is 0.467. The summed E-state index contributed by atoms with van der Waals surface area (Å²) < 4.78 is 13.4. The second-order valence-electron chi connectivity index (χ2n) is 5.04. The van der Waals surface area contributed by atoms with E-state index in [9.17, 15) is 14.4 Å². The molecule has 4 heteroatoms. The fourth-order valence-electron chi connectivity index (χ4n) is 2.52. The maximum absolute atomic E-state index is 13.4. The number of hydrogen-bond acceptors (Lipinski definition) is 2. The van der Waals surface area contributed by atoms with Crippen molar-refractivity contribution < 1.29 is 9.18 Å². The number of rotatable bonds is 4. The SMILES string of the molecule is N#CC1(NC(=O)CCc2ccccc2F)CCCC1. The van der Waals surface area contributed by atoms with Gasteiger partial charge in [-0.25, -0.2) is 4.39 Å². The van der Waals surface area contributed by atoms with Gasteiger partial charge >= 0.3 is 0 Å². The van der Waals surface area contributed by atoms with E-state index < -0.39 is 5.54 Å². The van der Waals surface area contributed by atoms with Crippen molar-refractivity contribution in [2.45, 2.75) is 44.1 Å². The van der Waals surface area contributed by atoms with Crippen LogP contribution in [0.1, 0.15) is 37.7 Å². The standard InChI is InChI=1S/C15H17FN2O/c16-13-6-2-1-5-12(13)7-8-14(19)18-15(11-17)9-3-4-10-15/h1-2,5-6H,3-4,7-10H2,(H,18,19). The van der Waals surface area contributed by atoms with E-state index in [1.165, 1.54) is 6.07 Å². The first kappa shape index (κ1) is 13.5. The third-order valence-electron chi connectivity index (χ3n) is 3.63. The molecule has 0 spiro atoms. The summed E-state index contributed by atoms with van der Waals surface area (Å²) in [5, 5.41) is 12.0. The van der Waals surface area contributed by atoms with E-state index in [1.54, 1.807) is 18.2 Å². The Morgan fingerprint density at radius 3 is 2.68 bits per heavy atom. The number of nitrogens with one attached hydrogen (secondary N) is 1. The van der Waals surface area contributed by atoms with Gasteiger partial charge in [0.1, 0.15) is 11.4 Å². The van der Waals surface area contributed by atoms with Gasteiger partial charge in [0.25, 0.3) is 0 Å². The Bertz CT molecular complexity index is 501. The summed E-state index contributed by atoms with van der Waals surface area (Å²) in [6.07, 6.45) is 3.95. The molecule has 19 heavy (non-hydrogen) atoms. The Morgan fingerprint density at radius 1 is 1.37 bits per heavy atom. The lowest BCUT2D eigenvalue weighted by molar-refractivity contribution is -0.122. The first-order valence-corrected chi connectivity index (χ1v) is 6.61. The van der Waals surface area contributed by atoms with Crippen LogP contribution in [0.4, 0.5) is 4.39 Å². The second kappa shape index (κ2) is 5.83. The topological polar surface area (TPSA) is 52.9 Å². The summed E-state index contributed by atoms with van der Waals surface area (Å²) in [6.45, 7) is 0. The number of hydrogen-bond donors (Lipinski definition) is 1. The summed E-state index contributed by atoms with van der Waals surface area (Å²) in [7, 11) is 0. The van der Waals surface area contributed by atoms with Crippen LogP contribution in [0.25, 0.3) is 0 Å². The Hall–Kier alpha value is -1.89. The van der Waals surface area contributed by atoms with E-state index in [0.717, 1.165) is 25.7 Å². The van der Waals surface area contributed by atoms with E-state index in [0.29, 0.717) is 12.0 Å². The van der Waals surface area contributed by atoms with Gasteiger partial charge in [0.05, 0.1) is 6.07 Å². The van der Waals surface area contributed by atoms with Crippen molar-refractivity contribution in [3.63, 3.8) is 0 Å². The molecule has 100 valence electrons. The van der Waals surface area contributed by atoms with Crippen LogP contribution in [0.3, 0.4) is 0 Å². The number of benzene rings is 1. The highest BCUT2D eigenvalue weighted by Gasteiger charge is 2.35. The smallest absolute Gasteiger partial charge is 0.221 e. The summed E-state index contributed by atoms with van der Waals surface area (Å²) in [4.78, 5) is 11.9. The van der Waals surface area contributed by atoms with E-state index in [2.05, 4.69) is 11.4 Å². The quantitative estimate of drug-likeness (QED) is 0.905. The minimum absolute atomic E-state index is 0.174. The molecule has 1 amide bonds. The number of nitrogens with zero attached hydrogens (tertiary/aromatic N) is 1. The number of halogens is 1. The summed E-state index contributed by atoms with van der Waals surface area (Å²) in [6, 6.07) is 8.66. The lowest BCUT2D eigenvalue weighted by Gasteiger charge is -2.21. The predicted molar refractivity (Wildman–Crippen MR) is 69.7 cm³/mol. The molecule has 1 fully saturated rings. The number of carbonyl (C=O) groups excluding carboxylic acids is 1. The van der Waals surface area contributed by atoms with Crippen molar-refractivity contribution >= 4 is 5.91 Å². The number of aryl methyl sites for hydroxylation is 1. The lowest BCUT2D eigenvalue weighted by atomic mass is 9.99. The van der Waals surface area contributed by atoms with Gasteiger partial charge < -0.3 is 5.32 Å². The monoisotopic (exact) mass is 260 g/mol. The molecule has 0 radical (unpaired) electrons. The third kappa shape index (κ3) is 3.31. The van der Waals surface area contributed by atoms with Gasteiger partial charge in [-0.2, -0.15) is 5.26 Å². The van der Waals surface area contributed by atoms with E-state index >= 15 is 0 Å². The van der Waals surface area contributed by atoms with Gasteiger partial charge in [-0.3, -0.25) is 4.79 Å². The van der Waals surface area contributed by atoms with Crippen molar-refractivity contribution in [3.8, 4) is 6.07 Å². The molecular weight excluding hydrogens is 243 g/mol. The van der Waals surface area contributed by atoms with Crippen LogP contribution in [0.15, 0.2) is 24.3 Å². The van der Waals surface area contributed by atoms with Crippen molar-refractivity contribution in [1.82, 2.24) is 5.32 Å². The van der Waals surface area contributed by atoms with E-state index in [1.807, 2.05) is 0 Å². The highest BCUT2D eigenvalue weighted by atomic mass is 19.1. The molecule has 1 N–H and O–H groups in total. The van der Waals surface area contributed by atoms with Gasteiger partial charge in [0.2, 0.25) is 5.91 Å². The summed E-state index contributed by atoms with van der Waals surface area (Å²) in [5.74, 6) is -0.460. The van der Waals surface area contributed by atoms with Gasteiger partial charge in [0.15, 0.2) is 0 Å². The van der Waals surface area contributed by atoms with Crippen molar-refractivity contribution in [1.29, 1.82) is 5.26 Å². The van der Waals surface area contributed by atoms with Crippen LogP contribution in [0.5, 0.6) is 0 Å². The predicted octanol–water partition coefficient (Wildman–Crippen LogP) is 2.71. The molecule has 3 nitrogen and oxygen atoms in total. The van der Waals surface area contributed by atoms with E-state index in [4.69, 9.17) is 0 Å². The van der Waals surface area contributed by atoms with Gasteiger partial charge in [-0.15, -0.1) is 0 Å². The van der Waals surface area contributed by atoms with Crippen molar-refractivity contribution in [3.05, 3.63) is 35.6 Å². The minimum Gasteiger partial charge on any atom is -0.338 e. The number of carbonyl (C=O) groups is 1. The Balaban J connectivity index is 1.89. The average Bonchev–Trinajstić information content (AvgIpc) is 2.87. The molecule has 1 aromatic carbocycles. The molecule has 0 aromatic heterocycles. The largest absolute Gasteiger partial charge is 0.338 e. The average molecular weight is 260 g/mol. The molecule has 2 rings (SSSR count). The van der Waals surface area contributed by atoms with Crippen LogP contribution < -0.4 is 5.32 Å². The Morgan fingerprint density at radius 2 is 2.05 bits per heavy atom. The van der Waals surface area contributed by atoms with Crippen LogP contribution in [-0.4, -0.2) is 11.4 Å². The van der Waals surface area contributed by atoms with Gasteiger partial charge in [-0.1, -0.05) is 18.2 Å². The van der Waals surface area contributed by atoms with Crippen LogP contribution in [-0.2, 0) is 11.2 Å². The van der Waals surface area contributed by atoms with Gasteiger partial charge in [0, 0.05) is 6.42 Å². The fourth-order valence-corrected chi connectivity index (χ4v) is 2.52. The summed E-state index contributed by atoms with van der Waals surface area (Å²) in [5.41, 5.74) is -0.151. The van der Waals surface area contributed by atoms with Crippen molar-refractivity contribution in [2.75, 3.05) is 0 Å². The zero-order valence-electron chi connectivity index (χ0n) is 10.8. The molecule has 0 heterocycles. The molecule has 1 aromatic rings. The van der Waals surface area contributed by atoms with Crippen LogP contribution in [0, 0.1) is 17.1 Å². The molecule has 0 atom stereocenters.